The van der Waals surface area contributed by atoms with Gasteiger partial charge in [-0.2, -0.15) is 0 Å². The summed E-state index contributed by atoms with van der Waals surface area (Å²) in [5.74, 6) is 1.27. The molecule has 0 amide bonds. The molecule has 6 heteroatoms. The lowest BCUT2D eigenvalue weighted by molar-refractivity contribution is 0.174. The number of nitrogens with two attached hydrogens (primary N) is 1. The minimum Gasteiger partial charge on any atom is -0.454 e. The van der Waals surface area contributed by atoms with Crippen molar-refractivity contribution in [3.63, 3.8) is 0 Å². The summed E-state index contributed by atoms with van der Waals surface area (Å²) in [5.41, 5.74) is 7.81. The Labute approximate surface area is 120 Å². The number of ether oxygens (including phenoxy) is 2. The van der Waals surface area contributed by atoms with Crippen molar-refractivity contribution in [2.45, 2.75) is 19.9 Å². The van der Waals surface area contributed by atoms with Gasteiger partial charge < -0.3 is 15.2 Å². The summed E-state index contributed by atoms with van der Waals surface area (Å²) in [4.78, 5) is 5.64. The normalized spacial score (nSPS) is 14.7. The van der Waals surface area contributed by atoms with E-state index >= 15 is 0 Å². The number of fused-ring (bicyclic) bond motifs is 1. The van der Waals surface area contributed by atoms with Gasteiger partial charge in [0, 0.05) is 16.5 Å². The minimum atomic E-state index is -0.0178. The molecule has 1 aromatic carbocycles. The molecule has 0 fully saturated rings. The second-order valence-electron chi connectivity index (χ2n) is 4.45. The van der Waals surface area contributed by atoms with Crippen molar-refractivity contribution in [2.24, 2.45) is 5.73 Å². The van der Waals surface area contributed by atoms with Gasteiger partial charge in [0.15, 0.2) is 11.5 Å². The molecule has 0 aliphatic carbocycles. The second-order valence-corrected chi connectivity index (χ2v) is 5.89. The van der Waals surface area contributed by atoms with E-state index in [2.05, 4.69) is 4.98 Å². The summed E-state index contributed by atoms with van der Waals surface area (Å²) >= 11 is 7.76. The zero-order valence-corrected chi connectivity index (χ0v) is 12.1. The van der Waals surface area contributed by atoms with Crippen molar-refractivity contribution in [1.82, 2.24) is 4.98 Å². The van der Waals surface area contributed by atoms with Gasteiger partial charge in [0.1, 0.15) is 5.01 Å². The fourth-order valence-corrected chi connectivity index (χ4v) is 3.32. The van der Waals surface area contributed by atoms with Gasteiger partial charge in [-0.05, 0) is 26.0 Å². The Morgan fingerprint density at radius 2 is 2.21 bits per heavy atom. The lowest BCUT2D eigenvalue weighted by Gasteiger charge is -2.02. The monoisotopic (exact) mass is 296 g/mol. The van der Waals surface area contributed by atoms with Crippen molar-refractivity contribution < 1.29 is 9.47 Å². The van der Waals surface area contributed by atoms with Gasteiger partial charge in [-0.15, -0.1) is 11.3 Å². The summed E-state index contributed by atoms with van der Waals surface area (Å²) in [5, 5.41) is 1.44. The first-order chi connectivity index (χ1) is 9.06. The van der Waals surface area contributed by atoms with E-state index in [9.17, 15) is 0 Å². The highest BCUT2D eigenvalue weighted by Gasteiger charge is 2.20. The highest BCUT2D eigenvalue weighted by molar-refractivity contribution is 7.15. The number of nitrogens with zero attached hydrogens (tertiary/aromatic N) is 1. The third kappa shape index (κ3) is 2.18. The Balaban J connectivity index is 2.08. The van der Waals surface area contributed by atoms with Crippen LogP contribution in [-0.2, 0) is 0 Å². The van der Waals surface area contributed by atoms with E-state index in [0.29, 0.717) is 16.5 Å². The van der Waals surface area contributed by atoms with Gasteiger partial charge >= 0.3 is 0 Å². The molecule has 2 N–H and O–H groups in total. The van der Waals surface area contributed by atoms with Gasteiger partial charge in [-0.25, -0.2) is 4.98 Å². The Hall–Kier alpha value is -1.30. The highest BCUT2D eigenvalue weighted by Crippen LogP contribution is 2.43. The van der Waals surface area contributed by atoms with Crippen LogP contribution in [-0.4, -0.2) is 11.8 Å². The van der Waals surface area contributed by atoms with Crippen LogP contribution in [0.5, 0.6) is 11.5 Å². The topological polar surface area (TPSA) is 57.4 Å². The highest BCUT2D eigenvalue weighted by atomic mass is 35.5. The van der Waals surface area contributed by atoms with E-state index in [-0.39, 0.29) is 12.8 Å². The maximum Gasteiger partial charge on any atom is 0.231 e. The predicted octanol–water partition coefficient (Wildman–Crippen LogP) is 3.52. The van der Waals surface area contributed by atoms with Crippen LogP contribution >= 0.6 is 22.9 Å². The number of hydrogen-bond acceptors (Lipinski definition) is 5. The van der Waals surface area contributed by atoms with Crippen molar-refractivity contribution in [3.05, 3.63) is 27.7 Å². The molecule has 0 saturated heterocycles. The molecule has 2 aromatic rings. The fourth-order valence-electron chi connectivity index (χ4n) is 2.05. The number of benzene rings is 1. The smallest absolute Gasteiger partial charge is 0.231 e. The Morgan fingerprint density at radius 3 is 2.89 bits per heavy atom. The van der Waals surface area contributed by atoms with Gasteiger partial charge in [-0.3, -0.25) is 0 Å². The Bertz CT molecular complexity index is 640. The first-order valence-electron chi connectivity index (χ1n) is 5.88. The lowest BCUT2D eigenvalue weighted by Crippen LogP contribution is -2.03. The van der Waals surface area contributed by atoms with Crippen molar-refractivity contribution in [1.29, 1.82) is 0 Å². The first kappa shape index (κ1) is 12.7. The number of aromatic nitrogens is 1. The molecule has 1 atom stereocenters. The van der Waals surface area contributed by atoms with Crippen LogP contribution in [0, 0.1) is 6.92 Å². The standard InChI is InChI=1S/C13H13ClN2O2S/c1-6(15)12-7(2)16-13(19-12)8-3-9(14)11-10(4-8)17-5-18-11/h3-4,6H,5,15H2,1-2H3. The molecule has 4 nitrogen and oxygen atoms in total. The lowest BCUT2D eigenvalue weighted by atomic mass is 10.2. The van der Waals surface area contributed by atoms with Crippen LogP contribution in [0.2, 0.25) is 5.02 Å². The van der Waals surface area contributed by atoms with E-state index < -0.39 is 0 Å². The van der Waals surface area contributed by atoms with E-state index in [1.165, 1.54) is 0 Å². The molecular formula is C13H13ClN2O2S. The van der Waals surface area contributed by atoms with Crippen LogP contribution < -0.4 is 15.2 Å². The number of rotatable bonds is 2. The number of hydrogen-bond donors (Lipinski definition) is 1. The quantitative estimate of drug-likeness (QED) is 0.921. The van der Waals surface area contributed by atoms with Crippen LogP contribution in [0.4, 0.5) is 0 Å². The third-order valence-electron chi connectivity index (χ3n) is 2.92. The molecule has 1 aromatic heterocycles. The molecule has 1 aliphatic heterocycles. The summed E-state index contributed by atoms with van der Waals surface area (Å²) in [6, 6.07) is 3.73. The van der Waals surface area contributed by atoms with E-state index in [4.69, 9.17) is 26.8 Å². The van der Waals surface area contributed by atoms with E-state index in [1.807, 2.05) is 26.0 Å². The molecular weight excluding hydrogens is 284 g/mol. The summed E-state index contributed by atoms with van der Waals surface area (Å²) in [7, 11) is 0. The van der Waals surface area contributed by atoms with Gasteiger partial charge in [0.2, 0.25) is 6.79 Å². The Kier molecular flexibility index (Phi) is 3.12. The average Bonchev–Trinajstić information content (AvgIpc) is 2.94. The molecule has 0 bridgehead atoms. The second kappa shape index (κ2) is 4.67. The number of halogens is 1. The summed E-state index contributed by atoms with van der Waals surface area (Å²) < 4.78 is 10.7. The van der Waals surface area contributed by atoms with Crippen molar-refractivity contribution >= 4 is 22.9 Å². The fraction of sp³-hybridized carbons (Fsp3) is 0.308. The number of aryl methyl sites for hydroxylation is 1. The minimum absolute atomic E-state index is 0.0178. The van der Waals surface area contributed by atoms with Crippen molar-refractivity contribution in [3.8, 4) is 22.1 Å². The molecule has 0 radical (unpaired) electrons. The van der Waals surface area contributed by atoms with E-state index in [0.717, 1.165) is 21.1 Å². The van der Waals surface area contributed by atoms with Crippen LogP contribution in [0.1, 0.15) is 23.5 Å². The van der Waals surface area contributed by atoms with Crippen LogP contribution in [0.15, 0.2) is 12.1 Å². The zero-order chi connectivity index (χ0) is 13.6. The largest absolute Gasteiger partial charge is 0.454 e. The first-order valence-corrected chi connectivity index (χ1v) is 7.08. The van der Waals surface area contributed by atoms with Gasteiger partial charge in [0.25, 0.3) is 0 Å². The SMILES string of the molecule is Cc1nc(-c2cc(Cl)c3c(c2)OCO3)sc1C(C)N. The van der Waals surface area contributed by atoms with Gasteiger partial charge in [0.05, 0.1) is 10.7 Å². The summed E-state index contributed by atoms with van der Waals surface area (Å²) in [6.07, 6.45) is 0. The van der Waals surface area contributed by atoms with Crippen LogP contribution in [0.3, 0.4) is 0 Å². The molecule has 2 heterocycles. The average molecular weight is 297 g/mol. The number of thiazole rings is 1. The predicted molar refractivity (Wildman–Crippen MR) is 76.0 cm³/mol. The Morgan fingerprint density at radius 1 is 1.42 bits per heavy atom. The summed E-state index contributed by atoms with van der Waals surface area (Å²) in [6.45, 7) is 4.13. The van der Waals surface area contributed by atoms with Gasteiger partial charge in [-0.1, -0.05) is 11.6 Å². The molecule has 19 heavy (non-hydrogen) atoms. The van der Waals surface area contributed by atoms with Crippen molar-refractivity contribution in [2.75, 3.05) is 6.79 Å². The van der Waals surface area contributed by atoms with E-state index in [1.54, 1.807) is 11.3 Å². The molecule has 1 unspecified atom stereocenters. The van der Waals surface area contributed by atoms with Crippen LogP contribution in [0.25, 0.3) is 10.6 Å². The third-order valence-corrected chi connectivity index (χ3v) is 4.61. The molecule has 0 saturated carbocycles. The molecule has 1 aliphatic rings. The molecule has 0 spiro atoms. The molecule has 100 valence electrons. The maximum atomic E-state index is 6.18. The molecule has 3 rings (SSSR count). The zero-order valence-electron chi connectivity index (χ0n) is 10.6. The maximum absolute atomic E-state index is 6.18.